The first-order valence-electron chi connectivity index (χ1n) is 6.51. The van der Waals surface area contributed by atoms with Gasteiger partial charge in [0.25, 0.3) is 0 Å². The van der Waals surface area contributed by atoms with Gasteiger partial charge in [0.2, 0.25) is 5.88 Å². The minimum absolute atomic E-state index is 0.0570. The fourth-order valence-electron chi connectivity index (χ4n) is 3.37. The zero-order valence-corrected chi connectivity index (χ0v) is 11.0. The highest BCUT2D eigenvalue weighted by Gasteiger charge is 2.49. The molecule has 6 nitrogen and oxygen atoms in total. The predicted molar refractivity (Wildman–Crippen MR) is 68.4 cm³/mol. The standard InChI is InChI=1S/C13H17N3O3/c1-7-14-11(6-12(15-7)19-2)16-8-3-4-10(16)9(5-8)13(17)18/h6,8-10H,3-5H2,1-2H3,(H,17,18). The largest absolute Gasteiger partial charge is 0.481 e. The Morgan fingerprint density at radius 3 is 2.89 bits per heavy atom. The molecule has 3 atom stereocenters. The molecule has 2 aliphatic heterocycles. The lowest BCUT2D eigenvalue weighted by molar-refractivity contribution is -0.142. The highest BCUT2D eigenvalue weighted by atomic mass is 16.5. The first-order valence-corrected chi connectivity index (χ1v) is 6.51. The number of hydrogen-bond acceptors (Lipinski definition) is 5. The van der Waals surface area contributed by atoms with Crippen LogP contribution in [0.5, 0.6) is 5.88 Å². The molecule has 102 valence electrons. The van der Waals surface area contributed by atoms with Crippen molar-refractivity contribution in [3.8, 4) is 5.88 Å². The van der Waals surface area contributed by atoms with Gasteiger partial charge in [0.05, 0.1) is 13.0 Å². The molecule has 2 aliphatic rings. The Bertz CT molecular complexity index is 520. The van der Waals surface area contributed by atoms with E-state index in [9.17, 15) is 9.90 Å². The zero-order chi connectivity index (χ0) is 13.6. The number of carboxylic acid groups (broad SMARTS) is 1. The molecule has 3 rings (SSSR count). The van der Waals surface area contributed by atoms with Crippen molar-refractivity contribution in [2.75, 3.05) is 12.0 Å². The third-order valence-electron chi connectivity index (χ3n) is 4.13. The molecule has 2 saturated heterocycles. The van der Waals surface area contributed by atoms with Crippen LogP contribution in [0.1, 0.15) is 25.1 Å². The van der Waals surface area contributed by atoms with Gasteiger partial charge in [0.1, 0.15) is 11.6 Å². The van der Waals surface area contributed by atoms with E-state index in [4.69, 9.17) is 4.74 Å². The van der Waals surface area contributed by atoms with Gasteiger partial charge in [0, 0.05) is 18.2 Å². The lowest BCUT2D eigenvalue weighted by Crippen LogP contribution is -2.33. The number of fused-ring (bicyclic) bond motifs is 2. The molecule has 0 aliphatic carbocycles. The Balaban J connectivity index is 1.95. The van der Waals surface area contributed by atoms with Crippen LogP contribution in [0.2, 0.25) is 0 Å². The Labute approximate surface area is 111 Å². The van der Waals surface area contributed by atoms with Gasteiger partial charge in [-0.2, -0.15) is 4.98 Å². The van der Waals surface area contributed by atoms with E-state index < -0.39 is 5.97 Å². The monoisotopic (exact) mass is 263 g/mol. The van der Waals surface area contributed by atoms with Crippen molar-refractivity contribution < 1.29 is 14.6 Å². The summed E-state index contributed by atoms with van der Waals surface area (Å²) in [6.07, 6.45) is 2.68. The van der Waals surface area contributed by atoms with E-state index >= 15 is 0 Å². The number of nitrogens with zero attached hydrogens (tertiary/aromatic N) is 3. The van der Waals surface area contributed by atoms with Crippen LogP contribution < -0.4 is 9.64 Å². The molecule has 6 heteroatoms. The molecule has 1 aromatic heterocycles. The zero-order valence-electron chi connectivity index (χ0n) is 11.0. The van der Waals surface area contributed by atoms with E-state index in [0.717, 1.165) is 18.7 Å². The fraction of sp³-hybridized carbons (Fsp3) is 0.615. The maximum atomic E-state index is 11.3. The third kappa shape index (κ3) is 1.91. The van der Waals surface area contributed by atoms with Crippen LogP contribution >= 0.6 is 0 Å². The molecule has 0 spiro atoms. The van der Waals surface area contributed by atoms with Crippen LogP contribution in [0.4, 0.5) is 5.82 Å². The Kier molecular flexibility index (Phi) is 2.80. The molecule has 2 fully saturated rings. The number of aromatic nitrogens is 2. The van der Waals surface area contributed by atoms with Gasteiger partial charge in [-0.15, -0.1) is 0 Å². The maximum Gasteiger partial charge on any atom is 0.308 e. The molecule has 19 heavy (non-hydrogen) atoms. The van der Waals surface area contributed by atoms with Crippen LogP contribution in [0.3, 0.4) is 0 Å². The number of aliphatic carboxylic acids is 1. The minimum atomic E-state index is -0.699. The van der Waals surface area contributed by atoms with Crippen LogP contribution in [-0.2, 0) is 4.79 Å². The number of carbonyl (C=O) groups is 1. The van der Waals surface area contributed by atoms with Crippen molar-refractivity contribution in [2.24, 2.45) is 5.92 Å². The summed E-state index contributed by atoms with van der Waals surface area (Å²) in [7, 11) is 1.57. The molecule has 0 amide bonds. The Morgan fingerprint density at radius 2 is 2.26 bits per heavy atom. The number of rotatable bonds is 3. The van der Waals surface area contributed by atoms with Crippen molar-refractivity contribution in [3.05, 3.63) is 11.9 Å². The van der Waals surface area contributed by atoms with Crippen molar-refractivity contribution in [1.29, 1.82) is 0 Å². The first-order chi connectivity index (χ1) is 9.10. The number of anilines is 1. The summed E-state index contributed by atoms with van der Waals surface area (Å²) in [6, 6.07) is 2.13. The molecule has 0 radical (unpaired) electrons. The van der Waals surface area contributed by atoms with Gasteiger partial charge in [-0.05, 0) is 26.2 Å². The summed E-state index contributed by atoms with van der Waals surface area (Å²) in [4.78, 5) is 22.0. The van der Waals surface area contributed by atoms with Gasteiger partial charge < -0.3 is 14.7 Å². The molecule has 1 aromatic rings. The van der Waals surface area contributed by atoms with Gasteiger partial charge in [-0.1, -0.05) is 0 Å². The third-order valence-corrected chi connectivity index (χ3v) is 4.13. The lowest BCUT2D eigenvalue weighted by Gasteiger charge is -2.24. The van der Waals surface area contributed by atoms with Crippen LogP contribution in [0.15, 0.2) is 6.07 Å². The SMILES string of the molecule is COc1cc(N2C3CCC2C(C(=O)O)C3)nc(C)n1. The summed E-state index contributed by atoms with van der Waals surface area (Å²) >= 11 is 0. The van der Waals surface area contributed by atoms with Gasteiger partial charge >= 0.3 is 5.97 Å². The average Bonchev–Trinajstić information content (AvgIpc) is 2.95. The number of aryl methyl sites for hydroxylation is 1. The summed E-state index contributed by atoms with van der Waals surface area (Å²) in [5.41, 5.74) is 0. The van der Waals surface area contributed by atoms with Crippen LogP contribution in [0, 0.1) is 12.8 Å². The number of methoxy groups -OCH3 is 1. The molecule has 0 aromatic carbocycles. The second-order valence-electron chi connectivity index (χ2n) is 5.20. The van der Waals surface area contributed by atoms with E-state index in [1.807, 2.05) is 6.92 Å². The molecule has 0 saturated carbocycles. The van der Waals surface area contributed by atoms with Crippen molar-refractivity contribution in [1.82, 2.24) is 9.97 Å². The Morgan fingerprint density at radius 1 is 1.47 bits per heavy atom. The Hall–Kier alpha value is -1.85. The maximum absolute atomic E-state index is 11.3. The topological polar surface area (TPSA) is 75.5 Å². The summed E-state index contributed by atoms with van der Waals surface area (Å²) in [5, 5.41) is 9.27. The summed E-state index contributed by atoms with van der Waals surface area (Å²) in [5.74, 6) is 0.990. The summed E-state index contributed by atoms with van der Waals surface area (Å²) in [6.45, 7) is 1.82. The molecular formula is C13H17N3O3. The van der Waals surface area contributed by atoms with Crippen molar-refractivity contribution in [3.63, 3.8) is 0 Å². The van der Waals surface area contributed by atoms with E-state index in [-0.39, 0.29) is 18.0 Å². The second-order valence-corrected chi connectivity index (χ2v) is 5.20. The van der Waals surface area contributed by atoms with Gasteiger partial charge in [-0.25, -0.2) is 4.98 Å². The van der Waals surface area contributed by atoms with Crippen molar-refractivity contribution in [2.45, 2.75) is 38.3 Å². The fourth-order valence-corrected chi connectivity index (χ4v) is 3.37. The normalized spacial score (nSPS) is 28.7. The van der Waals surface area contributed by atoms with E-state index in [2.05, 4.69) is 14.9 Å². The van der Waals surface area contributed by atoms with Crippen LogP contribution in [0.25, 0.3) is 0 Å². The van der Waals surface area contributed by atoms with E-state index in [1.165, 1.54) is 0 Å². The molecular weight excluding hydrogens is 246 g/mol. The predicted octanol–water partition coefficient (Wildman–Crippen LogP) is 1.24. The average molecular weight is 263 g/mol. The van der Waals surface area contributed by atoms with Gasteiger partial charge in [0.15, 0.2) is 0 Å². The van der Waals surface area contributed by atoms with E-state index in [0.29, 0.717) is 18.1 Å². The van der Waals surface area contributed by atoms with Gasteiger partial charge in [-0.3, -0.25) is 4.79 Å². The lowest BCUT2D eigenvalue weighted by atomic mass is 9.89. The summed E-state index contributed by atoms with van der Waals surface area (Å²) < 4.78 is 5.17. The van der Waals surface area contributed by atoms with E-state index in [1.54, 1.807) is 13.2 Å². The molecule has 3 heterocycles. The first kappa shape index (κ1) is 12.2. The highest BCUT2D eigenvalue weighted by molar-refractivity contribution is 5.73. The number of hydrogen-bond donors (Lipinski definition) is 1. The molecule has 2 bridgehead atoms. The highest BCUT2D eigenvalue weighted by Crippen LogP contribution is 2.44. The minimum Gasteiger partial charge on any atom is -0.481 e. The van der Waals surface area contributed by atoms with Crippen molar-refractivity contribution >= 4 is 11.8 Å². The molecule has 1 N–H and O–H groups in total. The quantitative estimate of drug-likeness (QED) is 0.884. The number of carboxylic acids is 1. The van der Waals surface area contributed by atoms with Crippen LogP contribution in [-0.4, -0.2) is 40.2 Å². The molecule has 3 unspecified atom stereocenters. The second kappa shape index (κ2) is 4.36. The number of ether oxygens (including phenoxy) is 1. The smallest absolute Gasteiger partial charge is 0.308 e.